The van der Waals surface area contributed by atoms with Gasteiger partial charge in [0.05, 0.1) is 24.6 Å². The maximum atomic E-state index is 2.36. The van der Waals surface area contributed by atoms with Crippen molar-refractivity contribution in [2.75, 3.05) is 6.16 Å². The highest BCUT2D eigenvalue weighted by Crippen LogP contribution is 2.67. The lowest BCUT2D eigenvalue weighted by atomic mass is 10.0. The van der Waals surface area contributed by atoms with E-state index in [4.69, 9.17) is 0 Å². The van der Waals surface area contributed by atoms with E-state index in [1.165, 1.54) is 131 Å². The highest BCUT2D eigenvalue weighted by molar-refractivity contribution is 7.73. The predicted octanol–water partition coefficient (Wildman–Crippen LogP) is 9.09. The zero-order valence-corrected chi connectivity index (χ0v) is 26.4. The van der Waals surface area contributed by atoms with Crippen LogP contribution in [0.25, 0.3) is 0 Å². The van der Waals surface area contributed by atoms with Gasteiger partial charge in [-0.25, -0.2) is 0 Å². The first-order valence-corrected chi connectivity index (χ1v) is 18.3. The molecule has 214 valence electrons. The first-order valence-electron chi connectivity index (χ1n) is 15.8. The summed E-state index contributed by atoms with van der Waals surface area (Å²) >= 11 is 0. The number of halogens is 1. The number of rotatable bonds is 21. The maximum Gasteiger partial charge on any atom is 0.0849 e. The summed E-state index contributed by atoms with van der Waals surface area (Å²) in [6.07, 6.45) is 25.2. The van der Waals surface area contributed by atoms with Crippen LogP contribution in [0.15, 0.2) is 91.0 Å². The van der Waals surface area contributed by atoms with E-state index in [1.807, 2.05) is 0 Å². The first-order chi connectivity index (χ1) is 18.8. The van der Waals surface area contributed by atoms with Gasteiger partial charge in [0.15, 0.2) is 0 Å². The van der Waals surface area contributed by atoms with Crippen LogP contribution >= 0.6 is 7.26 Å². The predicted molar refractivity (Wildman–Crippen MR) is 173 cm³/mol. The summed E-state index contributed by atoms with van der Waals surface area (Å²) in [6, 6.07) is 34.0. The third-order valence-electron chi connectivity index (χ3n) is 8.07. The summed E-state index contributed by atoms with van der Waals surface area (Å²) in [6.45, 7) is 2.30. The summed E-state index contributed by atoms with van der Waals surface area (Å²) in [5.74, 6) is 0. The molecule has 0 spiro atoms. The van der Waals surface area contributed by atoms with E-state index < -0.39 is 7.26 Å². The lowest BCUT2D eigenvalue weighted by Crippen LogP contribution is -3.00. The van der Waals surface area contributed by atoms with Crippen molar-refractivity contribution in [3.63, 3.8) is 0 Å². The Kier molecular flexibility index (Phi) is 18.2. The van der Waals surface area contributed by atoms with Crippen molar-refractivity contribution < 1.29 is 12.4 Å². The minimum absolute atomic E-state index is 0. The van der Waals surface area contributed by atoms with Crippen LogP contribution < -0.4 is 12.4 Å². The number of hydrogen-bond donors (Lipinski definition) is 0. The van der Waals surface area contributed by atoms with E-state index >= 15 is 0 Å². The molecule has 39 heavy (non-hydrogen) atoms. The third-order valence-corrected chi connectivity index (χ3v) is 12.4. The zero-order chi connectivity index (χ0) is 26.6. The second-order valence-electron chi connectivity index (χ2n) is 11.6. The molecular formula is C37H54ClP. The van der Waals surface area contributed by atoms with Gasteiger partial charge in [-0.2, -0.15) is 0 Å². The van der Waals surface area contributed by atoms with Gasteiger partial charge < -0.3 is 12.4 Å². The van der Waals surface area contributed by atoms with Gasteiger partial charge in [0, 0.05) is 7.26 Å². The molecule has 3 aromatic carbocycles. The average Bonchev–Trinajstić information content (AvgIpc) is 2.95. The first kappa shape index (κ1) is 33.6. The van der Waals surface area contributed by atoms with Gasteiger partial charge in [0.2, 0.25) is 0 Å². The van der Waals surface area contributed by atoms with Crippen molar-refractivity contribution in [2.45, 2.75) is 115 Å². The van der Waals surface area contributed by atoms with Crippen LogP contribution in [0.3, 0.4) is 0 Å². The second kappa shape index (κ2) is 21.2. The van der Waals surface area contributed by atoms with E-state index in [0.29, 0.717) is 0 Å². The molecule has 0 aromatic heterocycles. The number of benzene rings is 3. The summed E-state index contributed by atoms with van der Waals surface area (Å²) in [5.41, 5.74) is 4.58. The standard InChI is InChI=1S/C37H54P.ClH/c1-2-3-4-5-6-7-8-9-10-11-12-13-14-24-31-38(32-35-25-18-15-19-26-35,33-36-27-20-16-21-28-36)34-37-29-22-17-23-30-37;/h15-23,25-30H,2-14,24,31-34H2,1H3;1H/q+1;/p-1. The van der Waals surface area contributed by atoms with Crippen LogP contribution in [-0.4, -0.2) is 6.16 Å². The summed E-state index contributed by atoms with van der Waals surface area (Å²) in [7, 11) is -1.25. The van der Waals surface area contributed by atoms with Crippen LogP contribution in [0, 0.1) is 0 Å². The van der Waals surface area contributed by atoms with Crippen LogP contribution in [0.4, 0.5) is 0 Å². The van der Waals surface area contributed by atoms with Gasteiger partial charge in [-0.05, 0) is 29.5 Å². The van der Waals surface area contributed by atoms with Gasteiger partial charge in [-0.3, -0.25) is 0 Å². The lowest BCUT2D eigenvalue weighted by molar-refractivity contribution is -0.00000815. The molecule has 0 amide bonds. The Morgan fingerprint density at radius 3 is 0.974 bits per heavy atom. The van der Waals surface area contributed by atoms with Crippen LogP contribution in [-0.2, 0) is 18.5 Å². The Balaban J connectivity index is 0.00000533. The van der Waals surface area contributed by atoms with E-state index in [1.54, 1.807) is 0 Å². The fraction of sp³-hybridized carbons (Fsp3) is 0.514. The minimum atomic E-state index is -1.25. The van der Waals surface area contributed by atoms with Gasteiger partial charge >= 0.3 is 0 Å². The summed E-state index contributed by atoms with van der Waals surface area (Å²) in [4.78, 5) is 0. The quantitative estimate of drug-likeness (QED) is 0.0893. The molecular weight excluding hydrogens is 511 g/mol. The normalized spacial score (nSPS) is 11.3. The van der Waals surface area contributed by atoms with Gasteiger partial charge in [0.1, 0.15) is 0 Å². The van der Waals surface area contributed by atoms with Crippen molar-refractivity contribution in [2.24, 2.45) is 0 Å². The molecule has 0 unspecified atom stereocenters. The average molecular weight is 565 g/mol. The Morgan fingerprint density at radius 1 is 0.385 bits per heavy atom. The Morgan fingerprint density at radius 2 is 0.667 bits per heavy atom. The SMILES string of the molecule is CCCCCCCCCCCCCCCC[P+](Cc1ccccc1)(Cc1ccccc1)Cc1ccccc1.[Cl-]. The molecule has 0 heterocycles. The van der Waals surface area contributed by atoms with Crippen molar-refractivity contribution in [3.8, 4) is 0 Å². The smallest absolute Gasteiger partial charge is 0.0849 e. The second-order valence-corrected chi connectivity index (χ2v) is 15.7. The van der Waals surface area contributed by atoms with Gasteiger partial charge in [-0.1, -0.05) is 175 Å². The van der Waals surface area contributed by atoms with Crippen molar-refractivity contribution in [1.82, 2.24) is 0 Å². The largest absolute Gasteiger partial charge is 1.00 e. The molecule has 0 saturated carbocycles. The molecule has 0 atom stereocenters. The van der Waals surface area contributed by atoms with E-state index in [-0.39, 0.29) is 12.4 Å². The van der Waals surface area contributed by atoms with E-state index in [2.05, 4.69) is 97.9 Å². The lowest BCUT2D eigenvalue weighted by Gasteiger charge is -2.29. The molecule has 0 aliphatic heterocycles. The number of hydrogen-bond acceptors (Lipinski definition) is 0. The summed E-state index contributed by atoms with van der Waals surface area (Å²) in [5, 5.41) is 0. The molecule has 2 heteroatoms. The van der Waals surface area contributed by atoms with Crippen molar-refractivity contribution >= 4 is 7.26 Å². The summed E-state index contributed by atoms with van der Waals surface area (Å²) < 4.78 is 0. The molecule has 0 nitrogen and oxygen atoms in total. The van der Waals surface area contributed by atoms with Crippen molar-refractivity contribution in [3.05, 3.63) is 108 Å². The molecule has 0 fully saturated rings. The van der Waals surface area contributed by atoms with Crippen LogP contribution in [0.5, 0.6) is 0 Å². The molecule has 0 N–H and O–H groups in total. The topological polar surface area (TPSA) is 0 Å². The Hall–Kier alpha value is -1.62. The highest BCUT2D eigenvalue weighted by atomic mass is 35.5. The van der Waals surface area contributed by atoms with Gasteiger partial charge in [-0.15, -0.1) is 0 Å². The molecule has 0 aliphatic carbocycles. The molecule has 0 bridgehead atoms. The van der Waals surface area contributed by atoms with E-state index in [9.17, 15) is 0 Å². The van der Waals surface area contributed by atoms with Gasteiger partial charge in [0.25, 0.3) is 0 Å². The fourth-order valence-electron chi connectivity index (χ4n) is 5.96. The molecule has 0 aliphatic rings. The maximum absolute atomic E-state index is 2.36. The van der Waals surface area contributed by atoms with E-state index in [0.717, 1.165) is 0 Å². The van der Waals surface area contributed by atoms with Crippen LogP contribution in [0.1, 0.15) is 114 Å². The fourth-order valence-corrected chi connectivity index (χ4v) is 10.6. The minimum Gasteiger partial charge on any atom is -1.00 e. The molecule has 3 rings (SSSR count). The highest BCUT2D eigenvalue weighted by Gasteiger charge is 2.37. The Bertz CT molecular complexity index is 840. The monoisotopic (exact) mass is 564 g/mol. The van der Waals surface area contributed by atoms with Crippen molar-refractivity contribution in [1.29, 1.82) is 0 Å². The Labute approximate surface area is 248 Å². The zero-order valence-electron chi connectivity index (χ0n) is 24.7. The number of unbranched alkanes of at least 4 members (excludes halogenated alkanes) is 13. The third kappa shape index (κ3) is 14.5. The van der Waals surface area contributed by atoms with Crippen LogP contribution in [0.2, 0.25) is 0 Å². The molecule has 0 radical (unpaired) electrons. The molecule has 0 saturated heterocycles. The molecule has 3 aromatic rings.